The minimum absolute atomic E-state index is 0.479. The Morgan fingerprint density at radius 3 is 3.00 bits per heavy atom. The summed E-state index contributed by atoms with van der Waals surface area (Å²) in [5, 5.41) is 3.98. The Bertz CT molecular complexity index is 555. The Kier molecular flexibility index (Phi) is 2.64. The Morgan fingerprint density at radius 1 is 1.44 bits per heavy atom. The third kappa shape index (κ3) is 2.23. The second-order valence-electron chi connectivity index (χ2n) is 3.49. The normalized spacial score (nSPS) is 11.1. The van der Waals surface area contributed by atoms with E-state index in [2.05, 4.69) is 5.32 Å². The van der Waals surface area contributed by atoms with Crippen molar-refractivity contribution in [3.8, 4) is 0 Å². The maximum atomic E-state index is 10.5. The second-order valence-corrected chi connectivity index (χ2v) is 3.49. The molecule has 3 N–H and O–H groups in total. The number of furan rings is 1. The van der Waals surface area contributed by atoms with Crippen molar-refractivity contribution in [2.45, 2.75) is 6.92 Å². The highest BCUT2D eigenvalue weighted by Crippen LogP contribution is 2.22. The average Bonchev–Trinajstić information content (AvgIpc) is 2.56. The number of carbonyl (C=O) groups excluding carboxylic acids is 1. The van der Waals surface area contributed by atoms with Gasteiger partial charge in [0.1, 0.15) is 11.3 Å². The van der Waals surface area contributed by atoms with Crippen molar-refractivity contribution in [1.29, 1.82) is 0 Å². The van der Waals surface area contributed by atoms with Crippen molar-refractivity contribution < 1.29 is 9.21 Å². The minimum atomic E-state index is -0.479. The molecule has 0 bridgehead atoms. The molecule has 0 aliphatic heterocycles. The molecule has 1 aromatic heterocycles. The first-order chi connectivity index (χ1) is 7.65. The zero-order chi connectivity index (χ0) is 11.5. The molecule has 0 atom stereocenters. The largest absolute Gasteiger partial charge is 0.461 e. The number of aryl methyl sites for hydroxylation is 1. The molecule has 4 heteroatoms. The molecule has 4 nitrogen and oxygen atoms in total. The van der Waals surface area contributed by atoms with Crippen molar-refractivity contribution in [3.63, 3.8) is 0 Å². The predicted octanol–water partition coefficient (Wildman–Crippen LogP) is 2.15. The van der Waals surface area contributed by atoms with Crippen LogP contribution in [-0.4, -0.2) is 5.91 Å². The molecule has 2 rings (SSSR count). The molecule has 0 saturated carbocycles. The summed E-state index contributed by atoms with van der Waals surface area (Å²) in [7, 11) is 0. The van der Waals surface area contributed by atoms with Gasteiger partial charge in [-0.15, -0.1) is 0 Å². The first-order valence-corrected chi connectivity index (χ1v) is 4.88. The SMILES string of the molecule is Cc1cc2cc(NC=CC(N)=O)ccc2o1. The first kappa shape index (κ1) is 10.3. The number of fused-ring (bicyclic) bond motifs is 1. The smallest absolute Gasteiger partial charge is 0.242 e. The molecule has 1 amide bonds. The lowest BCUT2D eigenvalue weighted by molar-refractivity contribution is -0.113. The van der Waals surface area contributed by atoms with E-state index in [9.17, 15) is 4.79 Å². The molecule has 1 heterocycles. The van der Waals surface area contributed by atoms with Crippen LogP contribution in [-0.2, 0) is 4.79 Å². The van der Waals surface area contributed by atoms with E-state index in [0.717, 1.165) is 22.4 Å². The zero-order valence-corrected chi connectivity index (χ0v) is 8.86. The van der Waals surface area contributed by atoms with Gasteiger partial charge in [-0.1, -0.05) is 0 Å². The van der Waals surface area contributed by atoms with Crippen LogP contribution in [0.5, 0.6) is 0 Å². The van der Waals surface area contributed by atoms with E-state index in [0.29, 0.717) is 0 Å². The second kappa shape index (κ2) is 4.10. The lowest BCUT2D eigenvalue weighted by atomic mass is 10.2. The van der Waals surface area contributed by atoms with Gasteiger partial charge in [-0.2, -0.15) is 0 Å². The molecule has 16 heavy (non-hydrogen) atoms. The summed E-state index contributed by atoms with van der Waals surface area (Å²) < 4.78 is 5.45. The molecule has 1 aromatic carbocycles. The van der Waals surface area contributed by atoms with Crippen molar-refractivity contribution in [1.82, 2.24) is 0 Å². The summed E-state index contributed by atoms with van der Waals surface area (Å²) in [6.45, 7) is 1.90. The Hall–Kier alpha value is -2.23. The van der Waals surface area contributed by atoms with Crippen LogP contribution in [0.15, 0.2) is 41.0 Å². The number of nitrogens with one attached hydrogen (secondary N) is 1. The molecular weight excluding hydrogens is 204 g/mol. The maximum Gasteiger partial charge on any atom is 0.242 e. The van der Waals surface area contributed by atoms with E-state index in [-0.39, 0.29) is 0 Å². The van der Waals surface area contributed by atoms with E-state index >= 15 is 0 Å². The van der Waals surface area contributed by atoms with Gasteiger partial charge in [-0.25, -0.2) is 0 Å². The van der Waals surface area contributed by atoms with Crippen LogP contribution in [0.1, 0.15) is 5.76 Å². The Balaban J connectivity index is 2.22. The lowest BCUT2D eigenvalue weighted by Crippen LogP contribution is -2.06. The maximum absolute atomic E-state index is 10.5. The highest BCUT2D eigenvalue weighted by Gasteiger charge is 2.00. The molecule has 0 spiro atoms. The molecule has 2 aromatic rings. The van der Waals surface area contributed by atoms with Crippen LogP contribution < -0.4 is 11.1 Å². The third-order valence-corrected chi connectivity index (χ3v) is 2.14. The lowest BCUT2D eigenvalue weighted by Gasteiger charge is -1.99. The number of nitrogens with two attached hydrogens (primary N) is 1. The summed E-state index contributed by atoms with van der Waals surface area (Å²) >= 11 is 0. The van der Waals surface area contributed by atoms with Gasteiger partial charge in [0.05, 0.1) is 0 Å². The summed E-state index contributed by atoms with van der Waals surface area (Å²) in [5.41, 5.74) is 6.70. The molecular formula is C12H12N2O2. The molecule has 82 valence electrons. The average molecular weight is 216 g/mol. The first-order valence-electron chi connectivity index (χ1n) is 4.88. The third-order valence-electron chi connectivity index (χ3n) is 2.14. The van der Waals surface area contributed by atoms with Gasteiger partial charge in [0, 0.05) is 23.3 Å². The molecule has 0 fully saturated rings. The van der Waals surface area contributed by atoms with Crippen LogP contribution in [0.25, 0.3) is 11.0 Å². The van der Waals surface area contributed by atoms with Crippen LogP contribution in [0.3, 0.4) is 0 Å². The minimum Gasteiger partial charge on any atom is -0.461 e. The summed E-state index contributed by atoms with van der Waals surface area (Å²) in [6.07, 6.45) is 2.78. The predicted molar refractivity (Wildman–Crippen MR) is 62.9 cm³/mol. The van der Waals surface area contributed by atoms with Crippen molar-refractivity contribution >= 4 is 22.6 Å². The molecule has 0 aliphatic rings. The van der Waals surface area contributed by atoms with Crippen LogP contribution >= 0.6 is 0 Å². The zero-order valence-electron chi connectivity index (χ0n) is 8.86. The number of rotatable bonds is 3. The number of anilines is 1. The highest BCUT2D eigenvalue weighted by molar-refractivity contribution is 5.86. The molecule has 0 unspecified atom stereocenters. The van der Waals surface area contributed by atoms with E-state index in [1.54, 1.807) is 0 Å². The van der Waals surface area contributed by atoms with Gasteiger partial charge in [0.15, 0.2) is 0 Å². The number of amides is 1. The number of hydrogen-bond acceptors (Lipinski definition) is 3. The van der Waals surface area contributed by atoms with Crippen LogP contribution in [0.4, 0.5) is 5.69 Å². The van der Waals surface area contributed by atoms with Crippen LogP contribution in [0.2, 0.25) is 0 Å². The van der Waals surface area contributed by atoms with Crippen molar-refractivity contribution in [2.24, 2.45) is 5.73 Å². The van der Waals surface area contributed by atoms with Gasteiger partial charge < -0.3 is 15.5 Å². The van der Waals surface area contributed by atoms with Gasteiger partial charge in [-0.05, 0) is 31.2 Å². The summed E-state index contributed by atoms with van der Waals surface area (Å²) in [5.74, 6) is 0.396. The fraction of sp³-hybridized carbons (Fsp3) is 0.0833. The fourth-order valence-electron chi connectivity index (χ4n) is 1.49. The van der Waals surface area contributed by atoms with Gasteiger partial charge in [-0.3, -0.25) is 4.79 Å². The Morgan fingerprint density at radius 2 is 2.25 bits per heavy atom. The van der Waals surface area contributed by atoms with E-state index in [1.165, 1.54) is 12.3 Å². The number of carbonyl (C=O) groups is 1. The van der Waals surface area contributed by atoms with Gasteiger partial charge in [0.25, 0.3) is 0 Å². The van der Waals surface area contributed by atoms with Gasteiger partial charge in [0.2, 0.25) is 5.91 Å². The number of benzene rings is 1. The molecule has 0 saturated heterocycles. The summed E-state index contributed by atoms with van der Waals surface area (Å²) in [6, 6.07) is 7.65. The van der Waals surface area contributed by atoms with E-state index in [1.807, 2.05) is 31.2 Å². The van der Waals surface area contributed by atoms with Crippen LogP contribution in [0, 0.1) is 6.92 Å². The number of primary amides is 1. The molecule has 0 aliphatic carbocycles. The fourth-order valence-corrected chi connectivity index (χ4v) is 1.49. The monoisotopic (exact) mass is 216 g/mol. The quantitative estimate of drug-likeness (QED) is 0.772. The van der Waals surface area contributed by atoms with E-state index in [4.69, 9.17) is 10.2 Å². The Labute approximate surface area is 92.7 Å². The highest BCUT2D eigenvalue weighted by atomic mass is 16.3. The van der Waals surface area contributed by atoms with Crippen molar-refractivity contribution in [3.05, 3.63) is 42.3 Å². The van der Waals surface area contributed by atoms with Crippen molar-refractivity contribution in [2.75, 3.05) is 5.32 Å². The number of hydrogen-bond donors (Lipinski definition) is 2. The molecule has 0 radical (unpaired) electrons. The summed E-state index contributed by atoms with van der Waals surface area (Å²) in [4.78, 5) is 10.5. The topological polar surface area (TPSA) is 68.3 Å². The van der Waals surface area contributed by atoms with E-state index < -0.39 is 5.91 Å². The standard InChI is InChI=1S/C12H12N2O2/c1-8-6-9-7-10(2-3-11(9)16-8)14-5-4-12(13)15/h2-7,14H,1H3,(H2,13,15). The van der Waals surface area contributed by atoms with Gasteiger partial charge >= 0.3 is 0 Å².